The zero-order valence-electron chi connectivity index (χ0n) is 14.8. The highest BCUT2D eigenvalue weighted by atomic mass is 31.2. The molecular weight excluding hydrogens is 365 g/mol. The molecule has 10 nitrogen and oxygen atoms in total. The third kappa shape index (κ3) is 4.66. The lowest BCUT2D eigenvalue weighted by atomic mass is 10.2. The van der Waals surface area contributed by atoms with E-state index in [0.717, 1.165) is 0 Å². The van der Waals surface area contributed by atoms with Crippen LogP contribution in [0.15, 0.2) is 24.3 Å². The number of rotatable bonds is 8. The van der Waals surface area contributed by atoms with Gasteiger partial charge in [-0.25, -0.2) is 0 Å². The van der Waals surface area contributed by atoms with Crippen LogP contribution in [0, 0.1) is 10.1 Å². The number of hydrogen-bond acceptors (Lipinski definition) is 8. The Hall–Kier alpha value is -1.84. The van der Waals surface area contributed by atoms with Gasteiger partial charge in [0.25, 0.3) is 11.6 Å². The van der Waals surface area contributed by atoms with Crippen molar-refractivity contribution in [2.75, 3.05) is 25.6 Å². The normalized spacial score (nSPS) is 20.9. The Morgan fingerprint density at radius 2 is 2.08 bits per heavy atom. The molecule has 26 heavy (non-hydrogen) atoms. The first-order chi connectivity index (χ1) is 12.3. The lowest BCUT2D eigenvalue weighted by Crippen LogP contribution is -2.28. The summed E-state index contributed by atoms with van der Waals surface area (Å²) in [6, 6.07) is 5.58. The van der Waals surface area contributed by atoms with Crippen molar-refractivity contribution in [2.24, 2.45) is 0 Å². The Bertz CT molecular complexity index is 704. The van der Waals surface area contributed by atoms with Gasteiger partial charge in [0.2, 0.25) is 0 Å². The molecule has 1 aromatic carbocycles. The second-order valence-electron chi connectivity index (χ2n) is 5.53. The van der Waals surface area contributed by atoms with Crippen molar-refractivity contribution in [1.82, 2.24) is 5.06 Å². The maximum absolute atomic E-state index is 12.9. The molecule has 0 unspecified atom stereocenters. The second kappa shape index (κ2) is 8.70. The fraction of sp³-hybridized carbons (Fsp3) is 0.533. The number of hydrogen-bond donors (Lipinski definition) is 1. The monoisotopic (exact) mass is 387 g/mol. The average Bonchev–Trinajstić information content (AvgIpc) is 2.98. The first kappa shape index (κ1) is 20.5. The SMILES string of the molecule is CCOP(=O)(OCC)[C@H]1C[C@H](C(=O)Nc2cccc([N+](=O)[O-])c2)ON1C. The van der Waals surface area contributed by atoms with Gasteiger partial charge in [-0.1, -0.05) is 6.07 Å². The van der Waals surface area contributed by atoms with Gasteiger partial charge in [-0.2, -0.15) is 5.06 Å². The molecule has 1 saturated heterocycles. The highest BCUT2D eigenvalue weighted by Gasteiger charge is 2.48. The van der Waals surface area contributed by atoms with Gasteiger partial charge >= 0.3 is 7.60 Å². The number of nitro groups is 1. The molecule has 0 aliphatic carbocycles. The quantitative estimate of drug-likeness (QED) is 0.411. The number of amides is 1. The van der Waals surface area contributed by atoms with E-state index in [-0.39, 0.29) is 31.0 Å². The third-order valence-electron chi connectivity index (χ3n) is 3.74. The van der Waals surface area contributed by atoms with Crippen molar-refractivity contribution in [2.45, 2.75) is 32.2 Å². The Balaban J connectivity index is 2.08. The van der Waals surface area contributed by atoms with Crippen LogP contribution >= 0.6 is 7.60 Å². The number of carbonyl (C=O) groups is 1. The van der Waals surface area contributed by atoms with Crippen molar-refractivity contribution in [3.05, 3.63) is 34.4 Å². The van der Waals surface area contributed by atoms with Gasteiger partial charge in [0.05, 0.1) is 18.1 Å². The van der Waals surface area contributed by atoms with Crippen LogP contribution in [0.4, 0.5) is 11.4 Å². The molecule has 1 heterocycles. The zero-order valence-corrected chi connectivity index (χ0v) is 15.7. The summed E-state index contributed by atoms with van der Waals surface area (Å²) >= 11 is 0. The topological polar surface area (TPSA) is 120 Å². The number of non-ortho nitro benzene ring substituents is 1. The number of carbonyl (C=O) groups excluding carboxylic acids is 1. The molecule has 11 heteroatoms. The minimum absolute atomic E-state index is 0.106. The Labute approximate surface area is 151 Å². The summed E-state index contributed by atoms with van der Waals surface area (Å²) in [6.07, 6.45) is -0.812. The van der Waals surface area contributed by atoms with E-state index >= 15 is 0 Å². The molecule has 144 valence electrons. The summed E-state index contributed by atoms with van der Waals surface area (Å²) in [5.41, 5.74) is 0.138. The molecule has 1 aliphatic rings. The van der Waals surface area contributed by atoms with Gasteiger partial charge in [-0.3, -0.25) is 24.3 Å². The van der Waals surface area contributed by atoms with E-state index in [2.05, 4.69) is 5.32 Å². The number of nitro benzene ring substituents is 1. The molecule has 0 saturated carbocycles. The van der Waals surface area contributed by atoms with Gasteiger partial charge < -0.3 is 14.4 Å². The predicted molar refractivity (Wildman–Crippen MR) is 93.6 cm³/mol. The lowest BCUT2D eigenvalue weighted by Gasteiger charge is -2.25. The van der Waals surface area contributed by atoms with Crippen LogP contribution < -0.4 is 5.32 Å². The molecule has 0 radical (unpaired) electrons. The molecule has 0 spiro atoms. The number of anilines is 1. The van der Waals surface area contributed by atoms with Gasteiger partial charge in [0, 0.05) is 31.3 Å². The van der Waals surface area contributed by atoms with Crippen LogP contribution in [0.3, 0.4) is 0 Å². The van der Waals surface area contributed by atoms with Crippen LogP contribution in [0.5, 0.6) is 0 Å². The minimum atomic E-state index is -3.47. The zero-order chi connectivity index (χ0) is 19.3. The average molecular weight is 387 g/mol. The van der Waals surface area contributed by atoms with Crippen molar-refractivity contribution in [1.29, 1.82) is 0 Å². The molecule has 1 fully saturated rings. The minimum Gasteiger partial charge on any atom is -0.324 e. The Kier molecular flexibility index (Phi) is 6.85. The van der Waals surface area contributed by atoms with Crippen LogP contribution in [0.2, 0.25) is 0 Å². The standard InChI is InChI=1S/C15H22N3O7P/c1-4-23-26(22,24-5-2)14-10-13(25-17(14)3)15(19)16-11-7-6-8-12(9-11)18(20)21/h6-9,13-14H,4-5,10H2,1-3H3,(H,16,19)/t13-,14+/m1/s1. The van der Waals surface area contributed by atoms with Gasteiger partial charge in [0.1, 0.15) is 5.78 Å². The molecule has 1 aromatic rings. The lowest BCUT2D eigenvalue weighted by molar-refractivity contribution is -0.384. The Morgan fingerprint density at radius 1 is 1.42 bits per heavy atom. The highest BCUT2D eigenvalue weighted by Crippen LogP contribution is 2.57. The summed E-state index contributed by atoms with van der Waals surface area (Å²) in [5, 5.41) is 14.7. The molecule has 2 rings (SSSR count). The first-order valence-electron chi connectivity index (χ1n) is 8.14. The fourth-order valence-electron chi connectivity index (χ4n) is 2.63. The smallest absolute Gasteiger partial charge is 0.324 e. The summed E-state index contributed by atoms with van der Waals surface area (Å²) in [4.78, 5) is 28.2. The van der Waals surface area contributed by atoms with E-state index in [1.807, 2.05) is 0 Å². The molecular formula is C15H22N3O7P. The van der Waals surface area contributed by atoms with E-state index in [1.165, 1.54) is 29.3 Å². The molecule has 1 aliphatic heterocycles. The van der Waals surface area contributed by atoms with Crippen molar-refractivity contribution in [3.8, 4) is 0 Å². The van der Waals surface area contributed by atoms with Crippen LogP contribution in [0.1, 0.15) is 20.3 Å². The van der Waals surface area contributed by atoms with E-state index < -0.39 is 30.3 Å². The predicted octanol–water partition coefficient (Wildman–Crippen LogP) is 2.76. The van der Waals surface area contributed by atoms with Gasteiger partial charge in [0.15, 0.2) is 6.10 Å². The largest absolute Gasteiger partial charge is 0.350 e. The summed E-state index contributed by atoms with van der Waals surface area (Å²) in [6.45, 7) is 3.81. The molecule has 0 aromatic heterocycles. The number of nitrogens with one attached hydrogen (secondary N) is 1. The number of hydroxylamine groups is 2. The number of benzene rings is 1. The fourth-order valence-corrected chi connectivity index (χ4v) is 4.67. The molecule has 0 bridgehead atoms. The van der Waals surface area contributed by atoms with Gasteiger partial charge in [-0.05, 0) is 19.9 Å². The molecule has 1 N–H and O–H groups in total. The summed E-state index contributed by atoms with van der Waals surface area (Å²) in [7, 11) is -1.92. The first-order valence-corrected chi connectivity index (χ1v) is 9.75. The second-order valence-corrected chi connectivity index (χ2v) is 7.72. The Morgan fingerprint density at radius 3 is 2.65 bits per heavy atom. The van der Waals surface area contributed by atoms with Crippen molar-refractivity contribution >= 4 is 24.9 Å². The maximum atomic E-state index is 12.9. The van der Waals surface area contributed by atoms with E-state index in [0.29, 0.717) is 0 Å². The van der Waals surface area contributed by atoms with Crippen LogP contribution in [-0.2, 0) is 23.2 Å². The highest BCUT2D eigenvalue weighted by molar-refractivity contribution is 7.54. The number of nitrogens with zero attached hydrogens (tertiary/aromatic N) is 2. The summed E-state index contributed by atoms with van der Waals surface area (Å²) < 4.78 is 23.5. The van der Waals surface area contributed by atoms with Crippen LogP contribution in [0.25, 0.3) is 0 Å². The maximum Gasteiger partial charge on any atom is 0.350 e. The van der Waals surface area contributed by atoms with Gasteiger partial charge in [-0.15, -0.1) is 0 Å². The van der Waals surface area contributed by atoms with Crippen molar-refractivity contribution < 1.29 is 28.2 Å². The molecule has 1 amide bonds. The molecule has 2 atom stereocenters. The van der Waals surface area contributed by atoms with Crippen molar-refractivity contribution in [3.63, 3.8) is 0 Å². The van der Waals surface area contributed by atoms with Crippen LogP contribution in [-0.4, -0.2) is 48.0 Å². The van der Waals surface area contributed by atoms with E-state index in [9.17, 15) is 19.5 Å². The summed E-state index contributed by atoms with van der Waals surface area (Å²) in [5.74, 6) is -1.22. The van der Waals surface area contributed by atoms with E-state index in [4.69, 9.17) is 13.9 Å². The third-order valence-corrected chi connectivity index (χ3v) is 6.24. The van der Waals surface area contributed by atoms with E-state index in [1.54, 1.807) is 20.9 Å².